The van der Waals surface area contributed by atoms with E-state index in [0.29, 0.717) is 6.04 Å². The van der Waals surface area contributed by atoms with Gasteiger partial charge in [-0.3, -0.25) is 0 Å². The summed E-state index contributed by atoms with van der Waals surface area (Å²) in [6, 6.07) is 0.388. The topological polar surface area (TPSA) is 41.6 Å². The van der Waals surface area contributed by atoms with Crippen molar-refractivity contribution in [2.45, 2.75) is 32.2 Å². The standard InChI is InChI=1S/C10H20N2O2/c1-3-6-11-10(13)12(2)9-4-7-14-8-5-9/h9H,3-8H2,1-2H3,(H,11,13). The minimum Gasteiger partial charge on any atom is -0.381 e. The summed E-state index contributed by atoms with van der Waals surface area (Å²) in [5.74, 6) is 0. The first-order valence-corrected chi connectivity index (χ1v) is 5.34. The van der Waals surface area contributed by atoms with Gasteiger partial charge in [0.2, 0.25) is 0 Å². The molecule has 1 aliphatic heterocycles. The van der Waals surface area contributed by atoms with Crippen LogP contribution in [0, 0.1) is 0 Å². The minimum atomic E-state index is 0.0405. The van der Waals surface area contributed by atoms with Crippen molar-refractivity contribution >= 4 is 6.03 Å². The predicted octanol–water partition coefficient (Wildman–Crippen LogP) is 1.22. The molecule has 1 aliphatic rings. The van der Waals surface area contributed by atoms with Gasteiger partial charge >= 0.3 is 6.03 Å². The summed E-state index contributed by atoms with van der Waals surface area (Å²) in [7, 11) is 1.86. The van der Waals surface area contributed by atoms with Crippen molar-refractivity contribution in [1.29, 1.82) is 0 Å². The summed E-state index contributed by atoms with van der Waals surface area (Å²) < 4.78 is 5.25. The fraction of sp³-hybridized carbons (Fsp3) is 0.900. The van der Waals surface area contributed by atoms with Crippen LogP contribution in [0.1, 0.15) is 26.2 Å². The summed E-state index contributed by atoms with van der Waals surface area (Å²) in [5.41, 5.74) is 0. The van der Waals surface area contributed by atoms with E-state index in [0.717, 1.165) is 39.0 Å². The van der Waals surface area contributed by atoms with Crippen LogP contribution in [0.15, 0.2) is 0 Å². The monoisotopic (exact) mass is 200 g/mol. The van der Waals surface area contributed by atoms with Crippen molar-refractivity contribution in [2.75, 3.05) is 26.8 Å². The van der Waals surface area contributed by atoms with E-state index in [1.165, 1.54) is 0 Å². The third-order valence-electron chi connectivity index (χ3n) is 2.59. The molecule has 82 valence electrons. The molecule has 0 bridgehead atoms. The highest BCUT2D eigenvalue weighted by Gasteiger charge is 2.21. The molecular weight excluding hydrogens is 180 g/mol. The molecule has 4 heteroatoms. The number of hydrogen-bond donors (Lipinski definition) is 1. The zero-order chi connectivity index (χ0) is 10.4. The van der Waals surface area contributed by atoms with Gasteiger partial charge in [-0.2, -0.15) is 0 Å². The van der Waals surface area contributed by atoms with Crippen LogP contribution in [0.25, 0.3) is 0 Å². The maximum Gasteiger partial charge on any atom is 0.317 e. The lowest BCUT2D eigenvalue weighted by Gasteiger charge is -2.31. The Labute approximate surface area is 85.6 Å². The van der Waals surface area contributed by atoms with Gasteiger partial charge in [0.25, 0.3) is 0 Å². The van der Waals surface area contributed by atoms with Crippen LogP contribution in [0.4, 0.5) is 4.79 Å². The van der Waals surface area contributed by atoms with Gasteiger partial charge in [0.15, 0.2) is 0 Å². The summed E-state index contributed by atoms with van der Waals surface area (Å²) in [6.45, 7) is 4.35. The predicted molar refractivity (Wildman–Crippen MR) is 55.3 cm³/mol. The molecule has 0 aliphatic carbocycles. The van der Waals surface area contributed by atoms with Gasteiger partial charge in [-0.15, -0.1) is 0 Å². The molecule has 0 aromatic carbocycles. The first kappa shape index (κ1) is 11.3. The van der Waals surface area contributed by atoms with Crippen molar-refractivity contribution in [1.82, 2.24) is 10.2 Å². The zero-order valence-electron chi connectivity index (χ0n) is 9.08. The molecule has 1 fully saturated rings. The molecule has 14 heavy (non-hydrogen) atoms. The van der Waals surface area contributed by atoms with Gasteiger partial charge in [0.05, 0.1) is 0 Å². The van der Waals surface area contributed by atoms with Gasteiger partial charge < -0.3 is 15.0 Å². The lowest BCUT2D eigenvalue weighted by Crippen LogP contribution is -2.45. The molecule has 0 aromatic heterocycles. The van der Waals surface area contributed by atoms with Crippen LogP contribution in [0.2, 0.25) is 0 Å². The molecule has 0 radical (unpaired) electrons. The zero-order valence-corrected chi connectivity index (χ0v) is 9.08. The third-order valence-corrected chi connectivity index (χ3v) is 2.59. The molecule has 0 spiro atoms. The average Bonchev–Trinajstić information content (AvgIpc) is 2.26. The number of urea groups is 1. The van der Waals surface area contributed by atoms with E-state index >= 15 is 0 Å². The van der Waals surface area contributed by atoms with Crippen LogP contribution in [-0.2, 0) is 4.74 Å². The second kappa shape index (κ2) is 5.86. The first-order valence-electron chi connectivity index (χ1n) is 5.34. The first-order chi connectivity index (χ1) is 6.75. The maximum atomic E-state index is 11.6. The van der Waals surface area contributed by atoms with E-state index in [4.69, 9.17) is 4.74 Å². The van der Waals surface area contributed by atoms with E-state index in [1.807, 2.05) is 7.05 Å². The van der Waals surface area contributed by atoms with E-state index in [-0.39, 0.29) is 6.03 Å². The van der Waals surface area contributed by atoms with Crippen molar-refractivity contribution < 1.29 is 9.53 Å². The lowest BCUT2D eigenvalue weighted by molar-refractivity contribution is 0.0526. The Bertz CT molecular complexity index is 179. The Kier molecular flexibility index (Phi) is 4.73. The van der Waals surface area contributed by atoms with Crippen molar-refractivity contribution in [3.8, 4) is 0 Å². The summed E-state index contributed by atoms with van der Waals surface area (Å²) in [4.78, 5) is 13.4. The fourth-order valence-corrected chi connectivity index (χ4v) is 1.59. The number of carbonyl (C=O) groups excluding carboxylic acids is 1. The Morgan fingerprint density at radius 1 is 1.50 bits per heavy atom. The second-order valence-corrected chi connectivity index (χ2v) is 3.69. The Hall–Kier alpha value is -0.770. The largest absolute Gasteiger partial charge is 0.381 e. The molecule has 0 saturated carbocycles. The smallest absolute Gasteiger partial charge is 0.317 e. The fourth-order valence-electron chi connectivity index (χ4n) is 1.59. The minimum absolute atomic E-state index is 0.0405. The molecule has 1 saturated heterocycles. The normalized spacial score (nSPS) is 17.9. The molecule has 4 nitrogen and oxygen atoms in total. The second-order valence-electron chi connectivity index (χ2n) is 3.69. The highest BCUT2D eigenvalue weighted by atomic mass is 16.5. The summed E-state index contributed by atoms with van der Waals surface area (Å²) in [6.07, 6.45) is 2.89. The number of hydrogen-bond acceptors (Lipinski definition) is 2. The Morgan fingerprint density at radius 3 is 2.71 bits per heavy atom. The van der Waals surface area contributed by atoms with E-state index < -0.39 is 0 Å². The van der Waals surface area contributed by atoms with Gasteiger partial charge in [0.1, 0.15) is 0 Å². The molecule has 0 atom stereocenters. The number of nitrogens with one attached hydrogen (secondary N) is 1. The number of ether oxygens (including phenoxy) is 1. The lowest BCUT2D eigenvalue weighted by atomic mass is 10.1. The Morgan fingerprint density at radius 2 is 2.14 bits per heavy atom. The molecule has 2 amide bonds. The van der Waals surface area contributed by atoms with Gasteiger partial charge in [0, 0.05) is 32.8 Å². The molecule has 1 N–H and O–H groups in total. The van der Waals surface area contributed by atoms with Gasteiger partial charge in [-0.25, -0.2) is 4.79 Å². The molecule has 0 unspecified atom stereocenters. The van der Waals surface area contributed by atoms with Crippen LogP contribution in [-0.4, -0.2) is 43.8 Å². The Balaban J connectivity index is 2.30. The number of carbonyl (C=O) groups is 1. The SMILES string of the molecule is CCCNC(=O)N(C)C1CCOCC1. The van der Waals surface area contributed by atoms with E-state index in [1.54, 1.807) is 4.90 Å². The van der Waals surface area contributed by atoms with Crippen LogP contribution in [0.3, 0.4) is 0 Å². The molecular formula is C10H20N2O2. The van der Waals surface area contributed by atoms with Crippen LogP contribution >= 0.6 is 0 Å². The maximum absolute atomic E-state index is 11.6. The van der Waals surface area contributed by atoms with E-state index in [9.17, 15) is 4.79 Å². The van der Waals surface area contributed by atoms with Gasteiger partial charge in [-0.1, -0.05) is 6.92 Å². The summed E-state index contributed by atoms with van der Waals surface area (Å²) in [5, 5.41) is 2.88. The highest BCUT2D eigenvalue weighted by molar-refractivity contribution is 5.74. The quantitative estimate of drug-likeness (QED) is 0.744. The van der Waals surface area contributed by atoms with Crippen LogP contribution < -0.4 is 5.32 Å². The molecule has 0 aromatic rings. The molecule has 1 rings (SSSR count). The van der Waals surface area contributed by atoms with Crippen molar-refractivity contribution in [2.24, 2.45) is 0 Å². The van der Waals surface area contributed by atoms with Gasteiger partial charge in [-0.05, 0) is 19.3 Å². The van der Waals surface area contributed by atoms with Crippen LogP contribution in [0.5, 0.6) is 0 Å². The van der Waals surface area contributed by atoms with Crippen molar-refractivity contribution in [3.05, 3.63) is 0 Å². The molecule has 1 heterocycles. The summed E-state index contributed by atoms with van der Waals surface area (Å²) >= 11 is 0. The van der Waals surface area contributed by atoms with E-state index in [2.05, 4.69) is 12.2 Å². The number of nitrogens with zero attached hydrogens (tertiary/aromatic N) is 1. The number of amides is 2. The average molecular weight is 200 g/mol. The third kappa shape index (κ3) is 3.18. The number of rotatable bonds is 3. The highest BCUT2D eigenvalue weighted by Crippen LogP contribution is 2.12. The van der Waals surface area contributed by atoms with Crippen molar-refractivity contribution in [3.63, 3.8) is 0 Å².